The maximum Gasteiger partial charge on any atom is 0.250 e. The molecule has 1 aliphatic heterocycles. The van der Waals surface area contributed by atoms with E-state index in [0.717, 1.165) is 16.9 Å². The number of benzene rings is 1. The van der Waals surface area contributed by atoms with Crippen LogP contribution in [0.1, 0.15) is 18.5 Å². The number of hydrogen-bond acceptors (Lipinski definition) is 5. The lowest BCUT2D eigenvalue weighted by atomic mass is 10.1. The molecule has 0 bridgehead atoms. The van der Waals surface area contributed by atoms with E-state index in [9.17, 15) is 8.42 Å². The van der Waals surface area contributed by atoms with Gasteiger partial charge in [0.1, 0.15) is 17.4 Å². The Morgan fingerprint density at radius 2 is 1.91 bits per heavy atom. The Labute approximate surface area is 137 Å². The monoisotopic (exact) mass is 359 g/mol. The van der Waals surface area contributed by atoms with Crippen LogP contribution in [0.3, 0.4) is 0 Å². The second-order valence-electron chi connectivity index (χ2n) is 4.80. The van der Waals surface area contributed by atoms with Crippen LogP contribution in [-0.4, -0.2) is 21.6 Å². The van der Waals surface area contributed by atoms with E-state index in [4.69, 9.17) is 21.1 Å². The summed E-state index contributed by atoms with van der Waals surface area (Å²) in [5.74, 6) is 1.31. The van der Waals surface area contributed by atoms with Gasteiger partial charge in [-0.2, -0.15) is 0 Å². The minimum absolute atomic E-state index is 0.196. The van der Waals surface area contributed by atoms with Crippen molar-refractivity contribution in [2.75, 3.05) is 13.2 Å². The molecular weight excluding hydrogens is 346 g/mol. The van der Waals surface area contributed by atoms with Crippen molar-refractivity contribution in [2.45, 2.75) is 17.2 Å². The molecule has 22 heavy (non-hydrogen) atoms. The van der Waals surface area contributed by atoms with Crippen LogP contribution < -0.4 is 14.2 Å². The zero-order valence-electron chi connectivity index (χ0n) is 11.7. The summed E-state index contributed by atoms with van der Waals surface area (Å²) in [7, 11) is -3.60. The van der Waals surface area contributed by atoms with Crippen molar-refractivity contribution in [3.63, 3.8) is 0 Å². The van der Waals surface area contributed by atoms with Crippen molar-refractivity contribution >= 4 is 33.0 Å². The van der Waals surface area contributed by atoms with Gasteiger partial charge in [0.25, 0.3) is 10.0 Å². The van der Waals surface area contributed by atoms with Crippen LogP contribution >= 0.6 is 22.9 Å². The molecule has 0 saturated heterocycles. The number of sulfonamides is 1. The number of ether oxygens (including phenoxy) is 2. The number of halogens is 1. The summed E-state index contributed by atoms with van der Waals surface area (Å²) in [5, 5.41) is 0. The molecule has 2 heterocycles. The molecule has 1 N–H and O–H groups in total. The van der Waals surface area contributed by atoms with E-state index in [1.54, 1.807) is 25.1 Å². The molecule has 2 aromatic rings. The molecule has 0 aliphatic carbocycles. The average molecular weight is 360 g/mol. The van der Waals surface area contributed by atoms with Gasteiger partial charge in [-0.1, -0.05) is 17.7 Å². The zero-order valence-corrected chi connectivity index (χ0v) is 14.1. The Hall–Kier alpha value is -1.28. The second kappa shape index (κ2) is 6.08. The van der Waals surface area contributed by atoms with Crippen LogP contribution in [0.2, 0.25) is 4.34 Å². The summed E-state index contributed by atoms with van der Waals surface area (Å²) in [6.07, 6.45) is 0. The Kier molecular flexibility index (Phi) is 4.31. The third-order valence-corrected chi connectivity index (χ3v) is 6.48. The molecule has 0 amide bonds. The molecule has 0 unspecified atom stereocenters. The first-order valence-corrected chi connectivity index (χ1v) is 9.31. The van der Waals surface area contributed by atoms with Crippen LogP contribution in [0.5, 0.6) is 11.5 Å². The second-order valence-corrected chi connectivity index (χ2v) is 8.46. The normalized spacial score (nSPS) is 15.5. The average Bonchev–Trinajstić information content (AvgIpc) is 2.94. The molecule has 1 aliphatic rings. The maximum absolute atomic E-state index is 12.3. The molecule has 1 atom stereocenters. The smallest absolute Gasteiger partial charge is 0.250 e. The topological polar surface area (TPSA) is 64.6 Å². The molecule has 3 rings (SSSR count). The van der Waals surface area contributed by atoms with Gasteiger partial charge in [0.05, 0.1) is 4.34 Å². The van der Waals surface area contributed by atoms with Gasteiger partial charge in [-0.3, -0.25) is 0 Å². The van der Waals surface area contributed by atoms with Crippen LogP contribution in [0.4, 0.5) is 0 Å². The van der Waals surface area contributed by atoms with Gasteiger partial charge in [-0.05, 0) is 36.8 Å². The van der Waals surface area contributed by atoms with Gasteiger partial charge in [-0.25, -0.2) is 13.1 Å². The SMILES string of the molecule is C[C@@H](NS(=O)(=O)c1ccc(Cl)s1)c1ccc2c(c1)OCCO2. The predicted octanol–water partition coefficient (Wildman–Crippen LogP) is 3.21. The van der Waals surface area contributed by atoms with E-state index >= 15 is 0 Å². The lowest BCUT2D eigenvalue weighted by Crippen LogP contribution is -2.26. The molecule has 118 valence electrons. The lowest BCUT2D eigenvalue weighted by Gasteiger charge is -2.21. The highest BCUT2D eigenvalue weighted by molar-refractivity contribution is 7.91. The van der Waals surface area contributed by atoms with E-state index in [1.807, 2.05) is 6.07 Å². The molecule has 8 heteroatoms. The Morgan fingerprint density at radius 3 is 2.59 bits per heavy atom. The van der Waals surface area contributed by atoms with Gasteiger partial charge < -0.3 is 9.47 Å². The fraction of sp³-hybridized carbons (Fsp3) is 0.286. The Bertz CT molecular complexity index is 788. The van der Waals surface area contributed by atoms with Crippen LogP contribution in [-0.2, 0) is 10.0 Å². The highest BCUT2D eigenvalue weighted by Crippen LogP contribution is 2.33. The van der Waals surface area contributed by atoms with Crippen LogP contribution in [0.15, 0.2) is 34.5 Å². The van der Waals surface area contributed by atoms with Crippen LogP contribution in [0, 0.1) is 0 Å². The molecule has 1 aromatic carbocycles. The highest BCUT2D eigenvalue weighted by atomic mass is 35.5. The summed E-state index contributed by atoms with van der Waals surface area (Å²) >= 11 is 6.82. The minimum atomic E-state index is -3.60. The first kappa shape index (κ1) is 15.6. The van der Waals surface area contributed by atoms with Crippen LogP contribution in [0.25, 0.3) is 0 Å². The minimum Gasteiger partial charge on any atom is -0.486 e. The number of fused-ring (bicyclic) bond motifs is 1. The van der Waals surface area contributed by atoms with Crippen molar-refractivity contribution in [1.82, 2.24) is 4.72 Å². The Morgan fingerprint density at radius 1 is 1.18 bits per heavy atom. The van der Waals surface area contributed by atoms with Gasteiger partial charge in [0, 0.05) is 6.04 Å². The Balaban J connectivity index is 1.81. The van der Waals surface area contributed by atoms with Crippen molar-refractivity contribution in [3.8, 4) is 11.5 Å². The number of hydrogen-bond donors (Lipinski definition) is 1. The standard InChI is InChI=1S/C14H14ClNO4S2/c1-9(16-22(17,18)14-5-4-13(15)21-14)10-2-3-11-12(8-10)20-7-6-19-11/h2-5,8-9,16H,6-7H2,1H3/t9-/m1/s1. The van der Waals surface area contributed by atoms with Gasteiger partial charge in [-0.15, -0.1) is 11.3 Å². The summed E-state index contributed by atoms with van der Waals surface area (Å²) in [5.41, 5.74) is 0.801. The summed E-state index contributed by atoms with van der Waals surface area (Å²) < 4.78 is 38.8. The van der Waals surface area contributed by atoms with Crippen molar-refractivity contribution in [2.24, 2.45) is 0 Å². The molecule has 5 nitrogen and oxygen atoms in total. The third-order valence-electron chi connectivity index (χ3n) is 3.21. The quantitative estimate of drug-likeness (QED) is 0.910. The zero-order chi connectivity index (χ0) is 15.7. The fourth-order valence-corrected chi connectivity index (χ4v) is 4.86. The molecule has 0 spiro atoms. The van der Waals surface area contributed by atoms with E-state index in [0.29, 0.717) is 29.0 Å². The third kappa shape index (κ3) is 3.22. The van der Waals surface area contributed by atoms with Gasteiger partial charge in [0.15, 0.2) is 11.5 Å². The van der Waals surface area contributed by atoms with E-state index in [2.05, 4.69) is 4.72 Å². The molecule has 0 fully saturated rings. The van der Waals surface area contributed by atoms with E-state index in [1.165, 1.54) is 6.07 Å². The first-order valence-electron chi connectivity index (χ1n) is 6.63. The molecule has 0 saturated carbocycles. The number of nitrogens with one attached hydrogen (secondary N) is 1. The van der Waals surface area contributed by atoms with Crippen molar-refractivity contribution < 1.29 is 17.9 Å². The highest BCUT2D eigenvalue weighted by Gasteiger charge is 2.21. The summed E-state index contributed by atoms with van der Waals surface area (Å²) in [4.78, 5) is 0. The van der Waals surface area contributed by atoms with E-state index in [-0.39, 0.29) is 4.21 Å². The van der Waals surface area contributed by atoms with Crippen molar-refractivity contribution in [3.05, 3.63) is 40.2 Å². The summed E-state index contributed by atoms with van der Waals surface area (Å²) in [6, 6.07) is 8.06. The van der Waals surface area contributed by atoms with Gasteiger partial charge in [0.2, 0.25) is 0 Å². The molecular formula is C14H14ClNO4S2. The van der Waals surface area contributed by atoms with Gasteiger partial charge >= 0.3 is 0 Å². The maximum atomic E-state index is 12.3. The van der Waals surface area contributed by atoms with Crippen molar-refractivity contribution in [1.29, 1.82) is 0 Å². The lowest BCUT2D eigenvalue weighted by molar-refractivity contribution is 0.171. The predicted molar refractivity (Wildman–Crippen MR) is 85.5 cm³/mol. The molecule has 1 aromatic heterocycles. The number of rotatable bonds is 4. The first-order chi connectivity index (χ1) is 10.5. The fourth-order valence-electron chi connectivity index (χ4n) is 2.13. The largest absolute Gasteiger partial charge is 0.486 e. The number of thiophene rings is 1. The molecule has 0 radical (unpaired) electrons. The van der Waals surface area contributed by atoms with E-state index < -0.39 is 16.1 Å². The summed E-state index contributed by atoms with van der Waals surface area (Å²) in [6.45, 7) is 2.79.